The van der Waals surface area contributed by atoms with Crippen molar-refractivity contribution in [2.75, 3.05) is 0 Å². The summed E-state index contributed by atoms with van der Waals surface area (Å²) in [6.45, 7) is 1.86. The van der Waals surface area contributed by atoms with Gasteiger partial charge in [-0.15, -0.1) is 11.6 Å². The highest BCUT2D eigenvalue weighted by molar-refractivity contribution is 7.08. The van der Waals surface area contributed by atoms with Gasteiger partial charge in [0.05, 0.1) is 22.1 Å². The van der Waals surface area contributed by atoms with Crippen LogP contribution in [0.25, 0.3) is 16.7 Å². The molecule has 5 heteroatoms. The zero-order valence-electron chi connectivity index (χ0n) is 9.60. The Morgan fingerprint density at radius 1 is 1.39 bits per heavy atom. The molecule has 0 radical (unpaired) electrons. The van der Waals surface area contributed by atoms with Crippen molar-refractivity contribution >= 4 is 34.0 Å². The molecule has 0 bridgehead atoms. The predicted molar refractivity (Wildman–Crippen MR) is 73.2 cm³/mol. The first-order chi connectivity index (χ1) is 8.66. The second kappa shape index (κ2) is 4.37. The number of halogens is 2. The number of nitrogens with zero attached hydrogens (tertiary/aromatic N) is 2. The lowest BCUT2D eigenvalue weighted by Crippen LogP contribution is -2.00. The van der Waals surface area contributed by atoms with Crippen molar-refractivity contribution in [1.29, 1.82) is 0 Å². The molecule has 2 nitrogen and oxygen atoms in total. The molecule has 0 saturated heterocycles. The van der Waals surface area contributed by atoms with Crippen molar-refractivity contribution in [3.63, 3.8) is 0 Å². The maximum absolute atomic E-state index is 13.2. The third-order valence-electron chi connectivity index (χ3n) is 2.76. The van der Waals surface area contributed by atoms with E-state index in [1.165, 1.54) is 12.1 Å². The van der Waals surface area contributed by atoms with E-state index in [1.54, 1.807) is 17.4 Å². The quantitative estimate of drug-likeness (QED) is 0.631. The number of fused-ring (bicyclic) bond motifs is 1. The third kappa shape index (κ3) is 1.82. The first kappa shape index (κ1) is 11.7. The molecule has 0 aliphatic rings. The molecule has 0 aliphatic heterocycles. The van der Waals surface area contributed by atoms with Crippen LogP contribution in [0.5, 0.6) is 0 Å². The van der Waals surface area contributed by atoms with Crippen LogP contribution >= 0.6 is 22.9 Å². The Bertz CT molecular complexity index is 688. The van der Waals surface area contributed by atoms with Crippen molar-refractivity contribution in [2.24, 2.45) is 0 Å². The lowest BCUT2D eigenvalue weighted by molar-refractivity contribution is 0.629. The highest BCUT2D eigenvalue weighted by Crippen LogP contribution is 2.29. The standard InChI is InChI=1S/C13H10ClFN2S/c1-8(14)13-16-11-6-9(15)2-3-12(11)17(13)10-4-5-18-7-10/h2-8H,1H3. The van der Waals surface area contributed by atoms with Gasteiger partial charge >= 0.3 is 0 Å². The van der Waals surface area contributed by atoms with E-state index in [0.717, 1.165) is 17.0 Å². The van der Waals surface area contributed by atoms with E-state index in [-0.39, 0.29) is 11.2 Å². The Hall–Kier alpha value is -1.39. The summed E-state index contributed by atoms with van der Waals surface area (Å²) in [4.78, 5) is 4.42. The molecule has 92 valence electrons. The Kier molecular flexibility index (Phi) is 2.84. The highest BCUT2D eigenvalue weighted by atomic mass is 35.5. The normalized spacial score (nSPS) is 13.1. The molecule has 2 heterocycles. The zero-order valence-corrected chi connectivity index (χ0v) is 11.2. The molecule has 18 heavy (non-hydrogen) atoms. The number of thiophene rings is 1. The molecule has 1 unspecified atom stereocenters. The second-order valence-corrected chi connectivity index (χ2v) is 5.47. The van der Waals surface area contributed by atoms with E-state index in [2.05, 4.69) is 4.98 Å². The SMILES string of the molecule is CC(Cl)c1nc2cc(F)ccc2n1-c1ccsc1. The van der Waals surface area contributed by atoms with Gasteiger partial charge in [-0.1, -0.05) is 0 Å². The summed E-state index contributed by atoms with van der Waals surface area (Å²) in [7, 11) is 0. The Balaban J connectivity index is 2.36. The summed E-state index contributed by atoms with van der Waals surface area (Å²) in [6.07, 6.45) is 0. The van der Waals surface area contributed by atoms with Gasteiger partial charge in [0.15, 0.2) is 0 Å². The van der Waals surface area contributed by atoms with Crippen LogP contribution in [0.2, 0.25) is 0 Å². The predicted octanol–water partition coefficient (Wildman–Crippen LogP) is 4.53. The third-order valence-corrected chi connectivity index (χ3v) is 3.63. The van der Waals surface area contributed by atoms with Crippen molar-refractivity contribution in [3.8, 4) is 5.69 Å². The number of hydrogen-bond donors (Lipinski definition) is 0. The highest BCUT2D eigenvalue weighted by Gasteiger charge is 2.16. The maximum atomic E-state index is 13.2. The van der Waals surface area contributed by atoms with Gasteiger partial charge in [-0.25, -0.2) is 9.37 Å². The van der Waals surface area contributed by atoms with Gasteiger partial charge in [-0.3, -0.25) is 4.57 Å². The lowest BCUT2D eigenvalue weighted by Gasteiger charge is -2.08. The molecule has 0 saturated carbocycles. The van der Waals surface area contributed by atoms with Gasteiger partial charge < -0.3 is 0 Å². The Morgan fingerprint density at radius 3 is 2.89 bits per heavy atom. The molecule has 1 aromatic carbocycles. The molecule has 0 N–H and O–H groups in total. The van der Waals surface area contributed by atoms with Crippen molar-refractivity contribution in [3.05, 3.63) is 46.7 Å². The monoisotopic (exact) mass is 280 g/mol. The molecular formula is C13H10ClFN2S. The average Bonchev–Trinajstić information content (AvgIpc) is 2.92. The number of benzene rings is 1. The lowest BCUT2D eigenvalue weighted by atomic mass is 10.3. The fourth-order valence-electron chi connectivity index (χ4n) is 1.99. The summed E-state index contributed by atoms with van der Waals surface area (Å²) in [5, 5.41) is 3.78. The van der Waals surface area contributed by atoms with Crippen molar-refractivity contribution in [1.82, 2.24) is 9.55 Å². The molecule has 1 atom stereocenters. The smallest absolute Gasteiger partial charge is 0.132 e. The van der Waals surface area contributed by atoms with E-state index in [9.17, 15) is 4.39 Å². The molecule has 0 fully saturated rings. The first-order valence-corrected chi connectivity index (χ1v) is 6.89. The molecule has 3 aromatic rings. The fourth-order valence-corrected chi connectivity index (χ4v) is 2.76. The molecule has 0 spiro atoms. The van der Waals surface area contributed by atoms with Crippen molar-refractivity contribution < 1.29 is 4.39 Å². The largest absolute Gasteiger partial charge is 0.294 e. The maximum Gasteiger partial charge on any atom is 0.132 e. The van der Waals surface area contributed by atoms with Crippen LogP contribution in [0, 0.1) is 5.82 Å². The molecule has 0 amide bonds. The number of aromatic nitrogens is 2. The van der Waals surface area contributed by atoms with E-state index >= 15 is 0 Å². The van der Waals surface area contributed by atoms with Crippen LogP contribution in [0.4, 0.5) is 4.39 Å². The van der Waals surface area contributed by atoms with Gasteiger partial charge in [-0.2, -0.15) is 11.3 Å². The van der Waals surface area contributed by atoms with Gasteiger partial charge in [0.1, 0.15) is 11.6 Å². The summed E-state index contributed by atoms with van der Waals surface area (Å²) >= 11 is 7.77. The van der Waals surface area contributed by atoms with Gasteiger partial charge in [0.2, 0.25) is 0 Å². The number of alkyl halides is 1. The topological polar surface area (TPSA) is 17.8 Å². The van der Waals surface area contributed by atoms with Gasteiger partial charge in [0, 0.05) is 11.4 Å². The molecule has 2 aromatic heterocycles. The molecule has 3 rings (SSSR count). The second-order valence-electron chi connectivity index (χ2n) is 4.04. The number of imidazole rings is 1. The summed E-state index contributed by atoms with van der Waals surface area (Å²) < 4.78 is 15.2. The van der Waals surface area contributed by atoms with E-state index in [1.807, 2.05) is 28.3 Å². The zero-order chi connectivity index (χ0) is 12.7. The minimum atomic E-state index is -0.286. The van der Waals surface area contributed by atoms with Gasteiger partial charge in [-0.05, 0) is 30.5 Å². The number of rotatable bonds is 2. The van der Waals surface area contributed by atoms with Crippen LogP contribution in [0.15, 0.2) is 35.0 Å². The Labute approximate surface area is 113 Å². The summed E-state index contributed by atoms with van der Waals surface area (Å²) in [5.41, 5.74) is 2.51. The fraction of sp³-hybridized carbons (Fsp3) is 0.154. The van der Waals surface area contributed by atoms with Crippen LogP contribution in [-0.2, 0) is 0 Å². The van der Waals surface area contributed by atoms with Crippen molar-refractivity contribution in [2.45, 2.75) is 12.3 Å². The molecule has 0 aliphatic carbocycles. The van der Waals surface area contributed by atoms with E-state index < -0.39 is 0 Å². The van der Waals surface area contributed by atoms with Crippen LogP contribution in [0.3, 0.4) is 0 Å². The minimum Gasteiger partial charge on any atom is -0.294 e. The van der Waals surface area contributed by atoms with E-state index in [4.69, 9.17) is 11.6 Å². The summed E-state index contributed by atoms with van der Waals surface area (Å²) in [5.74, 6) is 0.446. The van der Waals surface area contributed by atoms with Crippen LogP contribution in [-0.4, -0.2) is 9.55 Å². The number of hydrogen-bond acceptors (Lipinski definition) is 2. The Morgan fingerprint density at radius 2 is 2.22 bits per heavy atom. The minimum absolute atomic E-state index is 0.236. The first-order valence-electron chi connectivity index (χ1n) is 5.51. The molecular weight excluding hydrogens is 271 g/mol. The summed E-state index contributed by atoms with van der Waals surface area (Å²) in [6, 6.07) is 6.60. The van der Waals surface area contributed by atoms with Gasteiger partial charge in [0.25, 0.3) is 0 Å². The van der Waals surface area contributed by atoms with Crippen LogP contribution in [0.1, 0.15) is 18.1 Å². The average molecular weight is 281 g/mol. The van der Waals surface area contributed by atoms with E-state index in [0.29, 0.717) is 5.52 Å². The van der Waals surface area contributed by atoms with Crippen LogP contribution < -0.4 is 0 Å².